The van der Waals surface area contributed by atoms with Gasteiger partial charge in [0.2, 0.25) is 7.41 Å². The first-order valence-corrected chi connectivity index (χ1v) is 11.3. The Labute approximate surface area is 179 Å². The highest BCUT2D eigenvalue weighted by molar-refractivity contribution is 7.96. The molecule has 156 valence electrons. The lowest BCUT2D eigenvalue weighted by Gasteiger charge is -2.35. The molecule has 0 fully saturated rings. The Morgan fingerprint density at radius 2 is 0.710 bits per heavy atom. The summed E-state index contributed by atoms with van der Waals surface area (Å²) in [5.74, 6) is -1.52. The molecule has 31 heavy (non-hydrogen) atoms. The summed E-state index contributed by atoms with van der Waals surface area (Å²) >= 11 is 0. The average molecular weight is 440 g/mol. The Bertz CT molecular complexity index is 1050. The second-order valence-electron chi connectivity index (χ2n) is 7.06. The molecule has 0 unspecified atom stereocenters. The topological polar surface area (TPSA) is 3.24 Å². The van der Waals surface area contributed by atoms with E-state index in [9.17, 15) is 17.6 Å². The Hall–Kier alpha value is -3.17. The summed E-state index contributed by atoms with van der Waals surface area (Å²) in [6.07, 6.45) is 0. The Morgan fingerprint density at radius 1 is 0.452 bits per heavy atom. The zero-order valence-electron chi connectivity index (χ0n) is 16.6. The minimum Gasteiger partial charge on any atom is -0.237 e. The van der Waals surface area contributed by atoms with Crippen LogP contribution in [0, 0.1) is 23.3 Å². The van der Waals surface area contributed by atoms with Gasteiger partial charge < -0.3 is 0 Å². The third kappa shape index (κ3) is 3.94. The van der Waals surface area contributed by atoms with Crippen LogP contribution in [0.3, 0.4) is 0 Å². The smallest absolute Gasteiger partial charge is 0.202 e. The lowest BCUT2D eigenvalue weighted by atomic mass is 10.3. The van der Waals surface area contributed by atoms with Crippen molar-refractivity contribution < 1.29 is 17.6 Å². The summed E-state index contributed by atoms with van der Waals surface area (Å²) in [6, 6.07) is 24.4. The first kappa shape index (κ1) is 21.1. The molecule has 0 bridgehead atoms. The molecule has 0 saturated carbocycles. The van der Waals surface area contributed by atoms with E-state index < -0.39 is 7.41 Å². The van der Waals surface area contributed by atoms with Gasteiger partial charge >= 0.3 is 0 Å². The number of hydrogen-bond donors (Lipinski definition) is 0. The van der Waals surface area contributed by atoms with E-state index in [4.69, 9.17) is 0 Å². The summed E-state index contributed by atoms with van der Waals surface area (Å²) in [6.45, 7) is 0. The molecule has 0 aliphatic carbocycles. The van der Waals surface area contributed by atoms with E-state index in [2.05, 4.69) is 0 Å². The zero-order valence-corrected chi connectivity index (χ0v) is 17.5. The maximum Gasteiger partial charge on any atom is 0.202 e. The highest BCUT2D eigenvalue weighted by atomic mass is 31.2. The second-order valence-corrected chi connectivity index (χ2v) is 10.5. The molecular weight excluding hydrogens is 421 g/mol. The molecule has 0 heterocycles. The van der Waals surface area contributed by atoms with Crippen LogP contribution in [0.2, 0.25) is 0 Å². The second kappa shape index (κ2) is 8.52. The first-order chi connectivity index (χ1) is 14.9. The van der Waals surface area contributed by atoms with Gasteiger partial charge in [0.25, 0.3) is 0 Å². The van der Waals surface area contributed by atoms with Crippen molar-refractivity contribution >= 4 is 29.0 Å². The standard InChI is InChI=1S/C25H19F4NP/c1-30(22-10-2-18(26)3-11-22)31(23-12-4-19(27)5-13-23,24-14-6-20(28)7-15-24)25-16-8-21(29)9-17-25/h2-17H,1H3/q+1. The predicted molar refractivity (Wildman–Crippen MR) is 120 cm³/mol. The van der Waals surface area contributed by atoms with Crippen LogP contribution in [0.5, 0.6) is 0 Å². The molecule has 4 rings (SSSR count). The van der Waals surface area contributed by atoms with Crippen molar-refractivity contribution in [2.45, 2.75) is 0 Å². The highest BCUT2D eigenvalue weighted by Crippen LogP contribution is 2.59. The molecule has 0 aromatic heterocycles. The number of hydrogen-bond acceptors (Lipinski definition) is 1. The van der Waals surface area contributed by atoms with Crippen LogP contribution in [-0.4, -0.2) is 7.05 Å². The molecular formula is C25H19F4NP+. The molecule has 4 aromatic rings. The molecule has 0 atom stereocenters. The minimum atomic E-state index is -2.73. The molecule has 4 aromatic carbocycles. The van der Waals surface area contributed by atoms with Gasteiger partial charge in [-0.25, -0.2) is 22.2 Å². The van der Waals surface area contributed by atoms with Gasteiger partial charge in [0.1, 0.15) is 39.2 Å². The van der Waals surface area contributed by atoms with Crippen molar-refractivity contribution in [3.8, 4) is 0 Å². The van der Waals surface area contributed by atoms with Crippen LogP contribution in [0.25, 0.3) is 0 Å². The van der Waals surface area contributed by atoms with Crippen LogP contribution < -0.4 is 20.6 Å². The van der Waals surface area contributed by atoms with Crippen LogP contribution >= 0.6 is 7.41 Å². The molecule has 0 radical (unpaired) electrons. The first-order valence-electron chi connectivity index (χ1n) is 9.58. The monoisotopic (exact) mass is 440 g/mol. The third-order valence-corrected chi connectivity index (χ3v) is 9.52. The van der Waals surface area contributed by atoms with Gasteiger partial charge in [-0.1, -0.05) is 0 Å². The molecule has 0 aliphatic heterocycles. The van der Waals surface area contributed by atoms with Crippen LogP contribution in [-0.2, 0) is 0 Å². The summed E-state index contributed by atoms with van der Waals surface area (Å²) < 4.78 is 57.1. The number of halogens is 4. The lowest BCUT2D eigenvalue weighted by Crippen LogP contribution is -2.42. The summed E-state index contributed by atoms with van der Waals surface area (Å²) in [7, 11) is -0.872. The fraction of sp³-hybridized carbons (Fsp3) is 0.0400. The SMILES string of the molecule is CN(c1ccc(F)cc1)[P+](c1ccc(F)cc1)(c1ccc(F)cc1)c1ccc(F)cc1. The van der Waals surface area contributed by atoms with E-state index in [1.165, 1.54) is 48.5 Å². The third-order valence-electron chi connectivity index (χ3n) is 5.25. The van der Waals surface area contributed by atoms with Crippen molar-refractivity contribution in [1.82, 2.24) is 0 Å². The van der Waals surface area contributed by atoms with Gasteiger partial charge in [0.05, 0.1) is 5.69 Å². The molecule has 1 nitrogen and oxygen atoms in total. The molecule has 0 amide bonds. The van der Waals surface area contributed by atoms with Crippen molar-refractivity contribution in [3.63, 3.8) is 0 Å². The quantitative estimate of drug-likeness (QED) is 0.289. The molecule has 0 spiro atoms. The van der Waals surface area contributed by atoms with Gasteiger partial charge in [0, 0.05) is 7.05 Å². The Morgan fingerprint density at radius 3 is 1.00 bits per heavy atom. The number of benzene rings is 4. The Balaban J connectivity index is 2.06. The van der Waals surface area contributed by atoms with Crippen LogP contribution in [0.4, 0.5) is 23.2 Å². The largest absolute Gasteiger partial charge is 0.237 e. The van der Waals surface area contributed by atoms with Gasteiger partial charge in [-0.3, -0.25) is 0 Å². The number of nitrogens with zero attached hydrogens (tertiary/aromatic N) is 1. The molecule has 6 heteroatoms. The minimum absolute atomic E-state index is 0.369. The summed E-state index contributed by atoms with van der Waals surface area (Å²) in [4.78, 5) is 0. The van der Waals surface area contributed by atoms with E-state index in [0.717, 1.165) is 15.9 Å². The lowest BCUT2D eigenvalue weighted by molar-refractivity contribution is 0.627. The summed E-state index contributed by atoms with van der Waals surface area (Å²) in [5.41, 5.74) is 0.715. The van der Waals surface area contributed by atoms with Crippen molar-refractivity contribution in [2.24, 2.45) is 0 Å². The van der Waals surface area contributed by atoms with E-state index >= 15 is 0 Å². The molecule has 0 aliphatic rings. The Kier molecular flexibility index (Phi) is 5.79. The normalized spacial score (nSPS) is 11.4. The van der Waals surface area contributed by atoms with Crippen molar-refractivity contribution in [3.05, 3.63) is 120 Å². The average Bonchev–Trinajstić information content (AvgIpc) is 2.78. The van der Waals surface area contributed by atoms with Crippen molar-refractivity contribution in [1.29, 1.82) is 0 Å². The van der Waals surface area contributed by atoms with Gasteiger partial charge in [0.15, 0.2) is 0 Å². The van der Waals surface area contributed by atoms with Gasteiger partial charge in [-0.2, -0.15) is 0 Å². The van der Waals surface area contributed by atoms with Gasteiger partial charge in [-0.15, -0.1) is 0 Å². The van der Waals surface area contributed by atoms with Crippen LogP contribution in [0.1, 0.15) is 0 Å². The number of anilines is 1. The summed E-state index contributed by atoms with van der Waals surface area (Å²) in [5, 5.41) is 2.37. The van der Waals surface area contributed by atoms with E-state index in [-0.39, 0.29) is 23.3 Å². The van der Waals surface area contributed by atoms with Crippen LogP contribution in [0.15, 0.2) is 97.1 Å². The maximum atomic E-state index is 13.8. The van der Waals surface area contributed by atoms with E-state index in [0.29, 0.717) is 5.69 Å². The van der Waals surface area contributed by atoms with Crippen molar-refractivity contribution in [2.75, 3.05) is 11.7 Å². The zero-order chi connectivity index (χ0) is 22.0. The molecule has 0 saturated heterocycles. The van der Waals surface area contributed by atoms with Gasteiger partial charge in [-0.05, 0) is 97.1 Å². The predicted octanol–water partition coefficient (Wildman–Crippen LogP) is 5.59. The fourth-order valence-corrected chi connectivity index (χ4v) is 7.92. The van der Waals surface area contributed by atoms with E-state index in [1.54, 1.807) is 48.5 Å². The highest BCUT2D eigenvalue weighted by Gasteiger charge is 2.50. The van der Waals surface area contributed by atoms with E-state index in [1.807, 2.05) is 11.7 Å². The number of rotatable bonds is 5. The maximum absolute atomic E-state index is 13.8. The molecule has 0 N–H and O–H groups in total. The fourth-order valence-electron chi connectivity index (χ4n) is 3.77.